The predicted molar refractivity (Wildman–Crippen MR) is 114 cm³/mol. The van der Waals surface area contributed by atoms with Crippen molar-refractivity contribution in [2.45, 2.75) is 12.8 Å². The molecule has 0 bridgehead atoms. The molecule has 4 aromatic rings. The number of aromatic amines is 1. The van der Waals surface area contributed by atoms with Gasteiger partial charge in [-0.15, -0.1) is 0 Å². The second kappa shape index (κ2) is 7.49. The van der Waals surface area contributed by atoms with Crippen LogP contribution in [0, 0.1) is 17.0 Å². The van der Waals surface area contributed by atoms with Gasteiger partial charge < -0.3 is 4.98 Å². The molecule has 0 saturated carbocycles. The Bertz CT molecular complexity index is 1150. The third-order valence-corrected chi connectivity index (χ3v) is 5.50. The number of rotatable bonds is 5. The molecule has 0 aliphatic heterocycles. The minimum absolute atomic E-state index is 0.182. The van der Waals surface area contributed by atoms with E-state index in [1.807, 2.05) is 79.7 Å². The van der Waals surface area contributed by atoms with E-state index in [1.54, 1.807) is 0 Å². The fourth-order valence-corrected chi connectivity index (χ4v) is 3.88. The maximum Gasteiger partial charge on any atom is 0.214 e. The molecule has 4 rings (SSSR count). The molecule has 3 aromatic carbocycles. The summed E-state index contributed by atoms with van der Waals surface area (Å²) in [7, 11) is 0. The van der Waals surface area contributed by atoms with E-state index in [0.29, 0.717) is 5.02 Å². The number of nitro groups is 1. The van der Waals surface area contributed by atoms with Crippen LogP contribution in [-0.2, 0) is 0 Å². The summed E-state index contributed by atoms with van der Waals surface area (Å²) in [5.74, 6) is -0.373. The lowest BCUT2D eigenvalue weighted by atomic mass is 9.87. The van der Waals surface area contributed by atoms with Gasteiger partial charge in [0.25, 0.3) is 0 Å². The first kappa shape index (κ1) is 18.3. The van der Waals surface area contributed by atoms with Crippen LogP contribution in [0.25, 0.3) is 22.2 Å². The van der Waals surface area contributed by atoms with Crippen molar-refractivity contribution in [2.24, 2.45) is 0 Å². The summed E-state index contributed by atoms with van der Waals surface area (Å²) in [4.78, 5) is 14.8. The van der Waals surface area contributed by atoms with Crippen molar-refractivity contribution in [2.75, 3.05) is 6.54 Å². The SMILES string of the molecule is Cc1ccc(-c2[nH]c3ccccc3c2C(C[N+](=O)[O-])c2ccccc2)cc1Cl. The van der Waals surface area contributed by atoms with Gasteiger partial charge in [0.1, 0.15) is 0 Å². The number of hydrogen-bond acceptors (Lipinski definition) is 2. The topological polar surface area (TPSA) is 58.9 Å². The van der Waals surface area contributed by atoms with Crippen molar-refractivity contribution in [3.05, 3.63) is 105 Å². The Labute approximate surface area is 167 Å². The van der Waals surface area contributed by atoms with Gasteiger partial charge in [0.15, 0.2) is 0 Å². The molecular formula is C23H19ClN2O2. The normalized spacial score (nSPS) is 12.2. The van der Waals surface area contributed by atoms with Crippen LogP contribution in [0.1, 0.15) is 22.6 Å². The monoisotopic (exact) mass is 390 g/mol. The van der Waals surface area contributed by atoms with Gasteiger partial charge in [-0.2, -0.15) is 0 Å². The second-order valence-corrected chi connectivity index (χ2v) is 7.31. The van der Waals surface area contributed by atoms with Gasteiger partial charge >= 0.3 is 0 Å². The molecule has 4 nitrogen and oxygen atoms in total. The van der Waals surface area contributed by atoms with E-state index < -0.39 is 0 Å². The van der Waals surface area contributed by atoms with E-state index in [2.05, 4.69) is 4.98 Å². The maximum absolute atomic E-state index is 11.5. The summed E-state index contributed by atoms with van der Waals surface area (Å²) < 4.78 is 0. The molecule has 0 radical (unpaired) electrons. The zero-order valence-corrected chi connectivity index (χ0v) is 16.1. The second-order valence-electron chi connectivity index (χ2n) is 6.90. The lowest BCUT2D eigenvalue weighted by Crippen LogP contribution is -2.14. The largest absolute Gasteiger partial charge is 0.354 e. The summed E-state index contributed by atoms with van der Waals surface area (Å²) in [5.41, 5.74) is 5.59. The third kappa shape index (κ3) is 3.39. The molecule has 1 N–H and O–H groups in total. The molecule has 0 spiro atoms. The summed E-state index contributed by atoms with van der Waals surface area (Å²) in [6.45, 7) is 1.77. The minimum atomic E-state index is -0.373. The molecule has 1 heterocycles. The van der Waals surface area contributed by atoms with Crippen LogP contribution in [0.15, 0.2) is 72.8 Å². The average Bonchev–Trinajstić information content (AvgIpc) is 3.08. The van der Waals surface area contributed by atoms with Gasteiger partial charge in [0, 0.05) is 20.8 Å². The summed E-state index contributed by atoms with van der Waals surface area (Å²) in [6, 6.07) is 23.5. The van der Waals surface area contributed by atoms with Gasteiger partial charge in [0.2, 0.25) is 6.54 Å². The highest BCUT2D eigenvalue weighted by Crippen LogP contribution is 2.39. The molecule has 1 unspecified atom stereocenters. The molecule has 0 saturated heterocycles. The number of H-pyrrole nitrogens is 1. The number of hydrogen-bond donors (Lipinski definition) is 1. The lowest BCUT2D eigenvalue weighted by Gasteiger charge is -2.16. The van der Waals surface area contributed by atoms with Crippen molar-refractivity contribution in [3.63, 3.8) is 0 Å². The smallest absolute Gasteiger partial charge is 0.214 e. The molecule has 28 heavy (non-hydrogen) atoms. The zero-order valence-electron chi connectivity index (χ0n) is 15.4. The van der Waals surface area contributed by atoms with Gasteiger partial charge in [-0.3, -0.25) is 10.1 Å². The van der Waals surface area contributed by atoms with Crippen LogP contribution >= 0.6 is 11.6 Å². The Hall–Kier alpha value is -3.11. The fraction of sp³-hybridized carbons (Fsp3) is 0.130. The predicted octanol–water partition coefficient (Wildman–Crippen LogP) is 6.21. The molecule has 0 aliphatic rings. The van der Waals surface area contributed by atoms with Crippen LogP contribution in [0.5, 0.6) is 0 Å². The van der Waals surface area contributed by atoms with Gasteiger partial charge in [-0.1, -0.05) is 72.3 Å². The van der Waals surface area contributed by atoms with Crippen LogP contribution in [0.3, 0.4) is 0 Å². The summed E-state index contributed by atoms with van der Waals surface area (Å²) in [6.07, 6.45) is 0. The number of aromatic nitrogens is 1. The fourth-order valence-electron chi connectivity index (χ4n) is 3.70. The van der Waals surface area contributed by atoms with Crippen molar-refractivity contribution < 1.29 is 4.92 Å². The maximum atomic E-state index is 11.5. The van der Waals surface area contributed by atoms with Crippen LogP contribution in [-0.4, -0.2) is 16.5 Å². The Kier molecular flexibility index (Phi) is 4.88. The van der Waals surface area contributed by atoms with E-state index in [1.165, 1.54) is 0 Å². The quantitative estimate of drug-likeness (QED) is 0.325. The summed E-state index contributed by atoms with van der Waals surface area (Å²) >= 11 is 6.37. The van der Waals surface area contributed by atoms with Crippen molar-refractivity contribution >= 4 is 22.5 Å². The number of aryl methyl sites for hydroxylation is 1. The van der Waals surface area contributed by atoms with Crippen LogP contribution in [0.2, 0.25) is 5.02 Å². The molecule has 0 amide bonds. The number of nitrogens with zero attached hydrogens (tertiary/aromatic N) is 1. The van der Waals surface area contributed by atoms with E-state index in [-0.39, 0.29) is 17.4 Å². The molecular weight excluding hydrogens is 372 g/mol. The van der Waals surface area contributed by atoms with Gasteiger partial charge in [0.05, 0.1) is 11.6 Å². The Morgan fingerprint density at radius 3 is 2.46 bits per heavy atom. The van der Waals surface area contributed by atoms with Gasteiger partial charge in [-0.05, 0) is 41.3 Å². The van der Waals surface area contributed by atoms with Crippen molar-refractivity contribution in [1.29, 1.82) is 0 Å². The number of nitrogens with one attached hydrogen (secondary N) is 1. The molecule has 0 aliphatic carbocycles. The first-order valence-electron chi connectivity index (χ1n) is 9.08. The third-order valence-electron chi connectivity index (χ3n) is 5.09. The first-order valence-corrected chi connectivity index (χ1v) is 9.46. The molecule has 1 aromatic heterocycles. The van der Waals surface area contributed by atoms with Crippen LogP contribution < -0.4 is 0 Å². The highest BCUT2D eigenvalue weighted by molar-refractivity contribution is 6.31. The Balaban J connectivity index is 2.00. The van der Waals surface area contributed by atoms with Crippen LogP contribution in [0.4, 0.5) is 0 Å². The molecule has 0 fully saturated rings. The number of fused-ring (bicyclic) bond motifs is 1. The molecule has 140 valence electrons. The average molecular weight is 391 g/mol. The van der Waals surface area contributed by atoms with E-state index >= 15 is 0 Å². The number of halogens is 1. The molecule has 1 atom stereocenters. The van der Waals surface area contributed by atoms with Gasteiger partial charge in [-0.25, -0.2) is 0 Å². The Morgan fingerprint density at radius 2 is 1.75 bits per heavy atom. The number of benzene rings is 3. The van der Waals surface area contributed by atoms with Crippen molar-refractivity contribution in [1.82, 2.24) is 4.98 Å². The highest BCUT2D eigenvalue weighted by atomic mass is 35.5. The highest BCUT2D eigenvalue weighted by Gasteiger charge is 2.27. The number of para-hydroxylation sites is 1. The van der Waals surface area contributed by atoms with E-state index in [9.17, 15) is 10.1 Å². The summed E-state index contributed by atoms with van der Waals surface area (Å²) in [5, 5.41) is 13.2. The minimum Gasteiger partial charge on any atom is -0.354 e. The van der Waals surface area contributed by atoms with E-state index in [0.717, 1.165) is 38.9 Å². The van der Waals surface area contributed by atoms with Crippen molar-refractivity contribution in [3.8, 4) is 11.3 Å². The molecule has 5 heteroatoms. The standard InChI is InChI=1S/C23H19ClN2O2/c1-15-11-12-17(13-20(15)24)23-22(18-9-5-6-10-21(18)25-23)19(14-26(27)28)16-7-3-2-4-8-16/h2-13,19,25H,14H2,1H3. The zero-order chi connectivity index (χ0) is 19.7. The lowest BCUT2D eigenvalue weighted by molar-refractivity contribution is -0.481. The first-order chi connectivity index (χ1) is 13.5. The Morgan fingerprint density at radius 1 is 1.04 bits per heavy atom. The van der Waals surface area contributed by atoms with E-state index in [4.69, 9.17) is 11.6 Å².